The number of hydrogen-bond acceptors (Lipinski definition) is 3. The number of aromatic hydroxyl groups is 1. The Kier molecular flexibility index (Phi) is 4.54. The normalized spacial score (nSPS) is 10.9. The summed E-state index contributed by atoms with van der Waals surface area (Å²) >= 11 is 0. The number of phenolic OH excluding ortho intramolecular Hbond substituents is 1. The summed E-state index contributed by atoms with van der Waals surface area (Å²) in [6.07, 6.45) is -4.77. The Balaban J connectivity index is 2.11. The van der Waals surface area contributed by atoms with Crippen LogP contribution in [0.25, 0.3) is 0 Å². The molecule has 0 aliphatic rings. The predicted molar refractivity (Wildman–Crippen MR) is 76.0 cm³/mol. The van der Waals surface area contributed by atoms with Crippen LogP contribution in [-0.2, 0) is 6.18 Å². The van der Waals surface area contributed by atoms with E-state index in [1.54, 1.807) is 18.2 Å². The van der Waals surface area contributed by atoms with E-state index in [1.807, 2.05) is 10.6 Å². The maximum atomic E-state index is 12.7. The summed E-state index contributed by atoms with van der Waals surface area (Å²) in [7, 11) is 0. The average molecular weight is 324 g/mol. The molecule has 2 aromatic rings. The highest BCUT2D eigenvalue weighted by molar-refractivity contribution is 6.08. The summed E-state index contributed by atoms with van der Waals surface area (Å²) in [5.74, 6) is -1.85. The van der Waals surface area contributed by atoms with Crippen LogP contribution in [0, 0.1) is 0 Å². The molecule has 0 bridgehead atoms. The van der Waals surface area contributed by atoms with E-state index in [9.17, 15) is 27.9 Å². The highest BCUT2D eigenvalue weighted by Crippen LogP contribution is 2.39. The zero-order chi connectivity index (χ0) is 17.0. The molecule has 0 spiro atoms. The van der Waals surface area contributed by atoms with E-state index in [0.29, 0.717) is 6.07 Å². The van der Waals surface area contributed by atoms with E-state index >= 15 is 0 Å². The Morgan fingerprint density at radius 3 is 2.22 bits per heavy atom. The van der Waals surface area contributed by atoms with Gasteiger partial charge in [0.15, 0.2) is 5.75 Å². The van der Waals surface area contributed by atoms with Crippen molar-refractivity contribution in [1.29, 1.82) is 0 Å². The summed E-state index contributed by atoms with van der Waals surface area (Å²) < 4.78 is 38.0. The molecular formula is C15H11F3N2O3. The largest absolute Gasteiger partial charge is 0.505 e. The lowest BCUT2D eigenvalue weighted by atomic mass is 10.1. The summed E-state index contributed by atoms with van der Waals surface area (Å²) in [6.45, 7) is 0. The lowest BCUT2D eigenvalue weighted by molar-refractivity contribution is -0.138. The second kappa shape index (κ2) is 6.39. The molecule has 0 fully saturated rings. The molecule has 2 rings (SSSR count). The molecule has 0 heterocycles. The number of amides is 3. The summed E-state index contributed by atoms with van der Waals surface area (Å²) in [6, 6.07) is 9.50. The number of rotatable bonds is 2. The molecule has 0 aromatic heterocycles. The number of hydrogen-bond donors (Lipinski definition) is 3. The van der Waals surface area contributed by atoms with E-state index in [1.165, 1.54) is 12.1 Å². The van der Waals surface area contributed by atoms with Gasteiger partial charge < -0.3 is 10.4 Å². The van der Waals surface area contributed by atoms with Gasteiger partial charge in [-0.1, -0.05) is 24.3 Å². The molecule has 0 atom stereocenters. The number of urea groups is 1. The van der Waals surface area contributed by atoms with Crippen molar-refractivity contribution >= 4 is 17.6 Å². The van der Waals surface area contributed by atoms with Crippen molar-refractivity contribution in [2.75, 3.05) is 5.32 Å². The molecule has 3 N–H and O–H groups in total. The number of imide groups is 1. The van der Waals surface area contributed by atoms with Gasteiger partial charge in [0, 0.05) is 5.56 Å². The fourth-order valence-electron chi connectivity index (χ4n) is 1.79. The second-order valence-corrected chi connectivity index (χ2v) is 4.47. The molecular weight excluding hydrogens is 313 g/mol. The Morgan fingerprint density at radius 2 is 1.61 bits per heavy atom. The van der Waals surface area contributed by atoms with Gasteiger partial charge in [-0.2, -0.15) is 13.2 Å². The Labute approximate surface area is 128 Å². The monoisotopic (exact) mass is 324 g/mol. The first-order chi connectivity index (χ1) is 10.8. The quantitative estimate of drug-likeness (QED) is 0.741. The van der Waals surface area contributed by atoms with Gasteiger partial charge in [-0.3, -0.25) is 10.1 Å². The summed E-state index contributed by atoms with van der Waals surface area (Å²) in [5, 5.41) is 13.5. The number of nitrogens with one attached hydrogen (secondary N) is 2. The SMILES string of the molecule is O=C(NC(=O)c1ccccc1)Nc1cccc(C(F)(F)F)c1O. The molecule has 0 saturated heterocycles. The van der Waals surface area contributed by atoms with Crippen LogP contribution < -0.4 is 10.6 Å². The Morgan fingerprint density at radius 1 is 0.957 bits per heavy atom. The Bertz CT molecular complexity index is 730. The number of benzene rings is 2. The zero-order valence-corrected chi connectivity index (χ0v) is 11.5. The van der Waals surface area contributed by atoms with Gasteiger partial charge in [0.2, 0.25) is 0 Å². The summed E-state index contributed by atoms with van der Waals surface area (Å²) in [4.78, 5) is 23.4. The van der Waals surface area contributed by atoms with Gasteiger partial charge in [-0.25, -0.2) is 4.79 Å². The molecule has 23 heavy (non-hydrogen) atoms. The van der Waals surface area contributed by atoms with Crippen LogP contribution >= 0.6 is 0 Å². The minimum atomic E-state index is -4.77. The third-order valence-electron chi connectivity index (χ3n) is 2.85. The van der Waals surface area contributed by atoms with Crippen molar-refractivity contribution in [2.24, 2.45) is 0 Å². The minimum Gasteiger partial charge on any atom is -0.505 e. The number of alkyl halides is 3. The molecule has 8 heteroatoms. The number of anilines is 1. The maximum absolute atomic E-state index is 12.7. The van der Waals surface area contributed by atoms with Crippen molar-refractivity contribution in [1.82, 2.24) is 5.32 Å². The van der Waals surface area contributed by atoms with Crippen LogP contribution in [0.4, 0.5) is 23.7 Å². The molecule has 3 amide bonds. The van der Waals surface area contributed by atoms with E-state index in [0.717, 1.165) is 12.1 Å². The molecule has 0 aliphatic carbocycles. The van der Waals surface area contributed by atoms with Gasteiger partial charge >= 0.3 is 12.2 Å². The van der Waals surface area contributed by atoms with Crippen molar-refractivity contribution < 1.29 is 27.9 Å². The molecule has 0 aliphatic heterocycles. The van der Waals surface area contributed by atoms with Crippen LogP contribution in [-0.4, -0.2) is 17.0 Å². The first kappa shape index (κ1) is 16.3. The molecule has 0 saturated carbocycles. The third-order valence-corrected chi connectivity index (χ3v) is 2.85. The first-order valence-corrected chi connectivity index (χ1v) is 6.35. The molecule has 120 valence electrons. The number of carbonyl (C=O) groups excluding carboxylic acids is 2. The van der Waals surface area contributed by atoms with Gasteiger partial charge in [0.1, 0.15) is 0 Å². The maximum Gasteiger partial charge on any atom is 0.420 e. The standard InChI is InChI=1S/C15H11F3N2O3/c16-15(17,18)10-7-4-8-11(12(10)21)19-14(23)20-13(22)9-5-2-1-3-6-9/h1-8,21H,(H2,19,20,22,23). The second-order valence-electron chi connectivity index (χ2n) is 4.47. The lowest BCUT2D eigenvalue weighted by Crippen LogP contribution is -2.34. The van der Waals surface area contributed by atoms with Crippen molar-refractivity contribution in [3.8, 4) is 5.75 Å². The van der Waals surface area contributed by atoms with E-state index in [4.69, 9.17) is 0 Å². The van der Waals surface area contributed by atoms with Crippen LogP contribution in [0.3, 0.4) is 0 Å². The smallest absolute Gasteiger partial charge is 0.420 e. The van der Waals surface area contributed by atoms with E-state index in [2.05, 4.69) is 0 Å². The van der Waals surface area contributed by atoms with Gasteiger partial charge in [0.05, 0.1) is 11.3 Å². The topological polar surface area (TPSA) is 78.4 Å². The molecule has 5 nitrogen and oxygen atoms in total. The van der Waals surface area contributed by atoms with Crippen molar-refractivity contribution in [3.05, 3.63) is 59.7 Å². The minimum absolute atomic E-state index is 0.205. The van der Waals surface area contributed by atoms with Crippen LogP contribution in [0.15, 0.2) is 48.5 Å². The fourth-order valence-corrected chi connectivity index (χ4v) is 1.79. The fraction of sp³-hybridized carbons (Fsp3) is 0.0667. The first-order valence-electron chi connectivity index (χ1n) is 6.35. The lowest BCUT2D eigenvalue weighted by Gasteiger charge is -2.13. The van der Waals surface area contributed by atoms with Gasteiger partial charge in [0.25, 0.3) is 5.91 Å². The average Bonchev–Trinajstić information content (AvgIpc) is 2.49. The number of phenols is 1. The van der Waals surface area contributed by atoms with E-state index in [-0.39, 0.29) is 5.56 Å². The van der Waals surface area contributed by atoms with Crippen LogP contribution in [0.5, 0.6) is 5.75 Å². The van der Waals surface area contributed by atoms with Crippen LogP contribution in [0.2, 0.25) is 0 Å². The third kappa shape index (κ3) is 4.00. The van der Waals surface area contributed by atoms with Crippen LogP contribution in [0.1, 0.15) is 15.9 Å². The highest BCUT2D eigenvalue weighted by atomic mass is 19.4. The number of halogens is 3. The number of para-hydroxylation sites is 1. The molecule has 0 unspecified atom stereocenters. The highest BCUT2D eigenvalue weighted by Gasteiger charge is 2.34. The molecule has 2 aromatic carbocycles. The summed E-state index contributed by atoms with van der Waals surface area (Å²) in [5.41, 5.74) is -1.54. The van der Waals surface area contributed by atoms with Crippen molar-refractivity contribution in [3.63, 3.8) is 0 Å². The van der Waals surface area contributed by atoms with Crippen molar-refractivity contribution in [2.45, 2.75) is 6.18 Å². The molecule has 0 radical (unpaired) electrons. The zero-order valence-electron chi connectivity index (χ0n) is 11.5. The Hall–Kier alpha value is -3.03. The van der Waals surface area contributed by atoms with Gasteiger partial charge in [-0.15, -0.1) is 0 Å². The predicted octanol–water partition coefficient (Wildman–Crippen LogP) is 3.37. The van der Waals surface area contributed by atoms with E-state index < -0.39 is 35.1 Å². The number of carbonyl (C=O) groups is 2. The van der Waals surface area contributed by atoms with Gasteiger partial charge in [-0.05, 0) is 24.3 Å².